The van der Waals surface area contributed by atoms with E-state index in [1.54, 1.807) is 0 Å². The first-order chi connectivity index (χ1) is 8.58. The third kappa shape index (κ3) is 6.22. The summed E-state index contributed by atoms with van der Waals surface area (Å²) in [7, 11) is 0. The van der Waals surface area contributed by atoms with Crippen LogP contribution in [0.15, 0.2) is 0 Å². The van der Waals surface area contributed by atoms with Crippen LogP contribution in [0.1, 0.15) is 51.4 Å². The highest BCUT2D eigenvalue weighted by atomic mass is 16.4. The molecule has 0 aromatic rings. The van der Waals surface area contributed by atoms with Gasteiger partial charge in [-0.1, -0.05) is 19.3 Å². The van der Waals surface area contributed by atoms with Crippen molar-refractivity contribution in [2.75, 3.05) is 0 Å². The van der Waals surface area contributed by atoms with Crippen molar-refractivity contribution in [3.8, 4) is 0 Å². The van der Waals surface area contributed by atoms with Gasteiger partial charge in [0.25, 0.3) is 0 Å². The van der Waals surface area contributed by atoms with Crippen LogP contribution in [-0.2, 0) is 9.59 Å². The Hall–Kier alpha value is -1.59. The molecule has 0 unspecified atom stereocenters. The van der Waals surface area contributed by atoms with E-state index in [0.717, 1.165) is 25.7 Å². The van der Waals surface area contributed by atoms with Gasteiger partial charge >= 0.3 is 12.0 Å². The first kappa shape index (κ1) is 14.5. The lowest BCUT2D eigenvalue weighted by molar-refractivity contribution is -0.137. The number of amides is 3. The molecule has 6 nitrogen and oxygen atoms in total. The standard InChI is InChI=1S/C12H20N2O4/c15-10(7-4-8-11(16)17)14-12(18)13-9-5-2-1-3-6-9/h9H,1-8H2,(H,16,17)(H2,13,14,15,18). The second-order valence-electron chi connectivity index (χ2n) is 4.60. The van der Waals surface area contributed by atoms with Crippen LogP contribution < -0.4 is 10.6 Å². The van der Waals surface area contributed by atoms with Crippen molar-refractivity contribution in [2.24, 2.45) is 0 Å². The van der Waals surface area contributed by atoms with E-state index in [4.69, 9.17) is 5.11 Å². The van der Waals surface area contributed by atoms with Crippen molar-refractivity contribution in [3.05, 3.63) is 0 Å². The first-order valence-electron chi connectivity index (χ1n) is 6.40. The predicted octanol–water partition coefficient (Wildman–Crippen LogP) is 1.40. The number of carbonyl (C=O) groups excluding carboxylic acids is 2. The summed E-state index contributed by atoms with van der Waals surface area (Å²) in [6.45, 7) is 0. The molecule has 1 aliphatic rings. The van der Waals surface area contributed by atoms with Crippen molar-refractivity contribution >= 4 is 17.9 Å². The fraction of sp³-hybridized carbons (Fsp3) is 0.750. The van der Waals surface area contributed by atoms with Crippen molar-refractivity contribution in [3.63, 3.8) is 0 Å². The maximum atomic E-state index is 11.5. The average molecular weight is 256 g/mol. The summed E-state index contributed by atoms with van der Waals surface area (Å²) in [6.07, 6.45) is 5.59. The van der Waals surface area contributed by atoms with Crippen LogP contribution in [-0.4, -0.2) is 29.1 Å². The summed E-state index contributed by atoms with van der Waals surface area (Å²) < 4.78 is 0. The van der Waals surface area contributed by atoms with Gasteiger partial charge in [-0.15, -0.1) is 0 Å². The van der Waals surface area contributed by atoms with Crippen molar-refractivity contribution in [1.29, 1.82) is 0 Å². The lowest BCUT2D eigenvalue weighted by atomic mass is 9.96. The minimum absolute atomic E-state index is 0.0579. The van der Waals surface area contributed by atoms with E-state index in [0.29, 0.717) is 0 Å². The SMILES string of the molecule is O=C(O)CCCC(=O)NC(=O)NC1CCCCC1. The topological polar surface area (TPSA) is 95.5 Å². The maximum absolute atomic E-state index is 11.5. The van der Waals surface area contributed by atoms with Crippen LogP contribution in [0.3, 0.4) is 0 Å². The summed E-state index contributed by atoms with van der Waals surface area (Å²) in [6, 6.07) is -0.312. The van der Waals surface area contributed by atoms with Gasteiger partial charge in [0.15, 0.2) is 0 Å². The molecule has 0 aromatic heterocycles. The average Bonchev–Trinajstić information content (AvgIpc) is 2.29. The summed E-state index contributed by atoms with van der Waals surface area (Å²) in [4.78, 5) is 33.0. The Morgan fingerprint density at radius 1 is 1.06 bits per heavy atom. The van der Waals surface area contributed by atoms with Crippen LogP contribution in [0.25, 0.3) is 0 Å². The highest BCUT2D eigenvalue weighted by molar-refractivity contribution is 5.94. The molecular weight excluding hydrogens is 236 g/mol. The quantitative estimate of drug-likeness (QED) is 0.692. The molecule has 0 saturated heterocycles. The van der Waals surface area contributed by atoms with Crippen LogP contribution in [0.5, 0.6) is 0 Å². The molecule has 0 bridgehead atoms. The lowest BCUT2D eigenvalue weighted by Gasteiger charge is -2.22. The summed E-state index contributed by atoms with van der Waals surface area (Å²) in [5.74, 6) is -1.36. The number of hydrogen-bond acceptors (Lipinski definition) is 3. The molecule has 102 valence electrons. The van der Waals surface area contributed by atoms with Gasteiger partial charge in [0.05, 0.1) is 0 Å². The molecule has 0 aromatic carbocycles. The fourth-order valence-corrected chi connectivity index (χ4v) is 2.06. The number of hydrogen-bond donors (Lipinski definition) is 3. The second-order valence-corrected chi connectivity index (χ2v) is 4.60. The monoisotopic (exact) mass is 256 g/mol. The van der Waals surface area contributed by atoms with Gasteiger partial charge in [0.2, 0.25) is 5.91 Å². The molecule has 0 aliphatic heterocycles. The van der Waals surface area contributed by atoms with Crippen LogP contribution in [0.4, 0.5) is 4.79 Å². The van der Waals surface area contributed by atoms with E-state index in [9.17, 15) is 14.4 Å². The predicted molar refractivity (Wildman–Crippen MR) is 65.0 cm³/mol. The minimum Gasteiger partial charge on any atom is -0.481 e. The number of urea groups is 1. The smallest absolute Gasteiger partial charge is 0.321 e. The molecule has 1 rings (SSSR count). The Morgan fingerprint density at radius 3 is 2.33 bits per heavy atom. The molecule has 3 N–H and O–H groups in total. The van der Waals surface area contributed by atoms with Gasteiger partial charge in [-0.2, -0.15) is 0 Å². The fourth-order valence-electron chi connectivity index (χ4n) is 2.06. The van der Waals surface area contributed by atoms with Crippen molar-refractivity contribution in [1.82, 2.24) is 10.6 Å². The van der Waals surface area contributed by atoms with Gasteiger partial charge < -0.3 is 10.4 Å². The Balaban J connectivity index is 2.14. The Labute approximate surface area is 106 Å². The third-order valence-corrected chi connectivity index (χ3v) is 2.99. The molecule has 3 amide bonds. The van der Waals surface area contributed by atoms with Crippen LogP contribution >= 0.6 is 0 Å². The molecular formula is C12H20N2O4. The molecule has 1 saturated carbocycles. The van der Waals surface area contributed by atoms with Gasteiger partial charge in [-0.05, 0) is 19.3 Å². The van der Waals surface area contributed by atoms with Crippen molar-refractivity contribution in [2.45, 2.75) is 57.4 Å². The largest absolute Gasteiger partial charge is 0.481 e. The zero-order valence-electron chi connectivity index (χ0n) is 10.4. The molecule has 1 aliphatic carbocycles. The molecule has 1 fully saturated rings. The molecule has 0 radical (unpaired) electrons. The molecule has 6 heteroatoms. The summed E-state index contributed by atoms with van der Waals surface area (Å²) in [5.41, 5.74) is 0. The Morgan fingerprint density at radius 2 is 1.72 bits per heavy atom. The Bertz CT molecular complexity index is 311. The second kappa shape index (κ2) is 7.68. The van der Waals surface area contributed by atoms with Gasteiger partial charge in [0, 0.05) is 18.9 Å². The van der Waals surface area contributed by atoms with E-state index in [2.05, 4.69) is 10.6 Å². The number of aliphatic carboxylic acids is 1. The first-order valence-corrected chi connectivity index (χ1v) is 6.40. The lowest BCUT2D eigenvalue weighted by Crippen LogP contribution is -2.45. The normalized spacial score (nSPS) is 16.0. The number of carboxylic acid groups (broad SMARTS) is 1. The minimum atomic E-state index is -0.936. The van der Waals surface area contributed by atoms with E-state index < -0.39 is 17.9 Å². The van der Waals surface area contributed by atoms with E-state index in [-0.39, 0.29) is 25.3 Å². The van der Waals surface area contributed by atoms with Crippen LogP contribution in [0, 0.1) is 0 Å². The number of nitrogens with one attached hydrogen (secondary N) is 2. The molecule has 0 atom stereocenters. The zero-order valence-corrected chi connectivity index (χ0v) is 10.4. The molecule has 18 heavy (non-hydrogen) atoms. The zero-order chi connectivity index (χ0) is 13.4. The number of imide groups is 1. The summed E-state index contributed by atoms with van der Waals surface area (Å²) >= 11 is 0. The maximum Gasteiger partial charge on any atom is 0.321 e. The van der Waals surface area contributed by atoms with Gasteiger partial charge in [-0.25, -0.2) is 4.79 Å². The highest BCUT2D eigenvalue weighted by Crippen LogP contribution is 2.17. The van der Waals surface area contributed by atoms with Gasteiger partial charge in [-0.3, -0.25) is 14.9 Å². The van der Waals surface area contributed by atoms with Gasteiger partial charge in [0.1, 0.15) is 0 Å². The van der Waals surface area contributed by atoms with Crippen LogP contribution in [0.2, 0.25) is 0 Å². The third-order valence-electron chi connectivity index (χ3n) is 2.99. The van der Waals surface area contributed by atoms with E-state index in [1.807, 2.05) is 0 Å². The molecule has 0 spiro atoms. The number of rotatable bonds is 5. The number of carboxylic acids is 1. The van der Waals surface area contributed by atoms with Crippen molar-refractivity contribution < 1.29 is 19.5 Å². The van der Waals surface area contributed by atoms with E-state index in [1.165, 1.54) is 6.42 Å². The summed E-state index contributed by atoms with van der Waals surface area (Å²) in [5, 5.41) is 13.4. The Kier molecular flexibility index (Phi) is 6.18. The highest BCUT2D eigenvalue weighted by Gasteiger charge is 2.16. The molecule has 0 heterocycles. The van der Waals surface area contributed by atoms with E-state index >= 15 is 0 Å². The number of carbonyl (C=O) groups is 3.